The topological polar surface area (TPSA) is 86.8 Å². The van der Waals surface area contributed by atoms with Crippen LogP contribution < -0.4 is 10.2 Å². The van der Waals surface area contributed by atoms with Gasteiger partial charge in [0.15, 0.2) is 0 Å². The van der Waals surface area contributed by atoms with E-state index in [4.69, 9.17) is 0 Å². The van der Waals surface area contributed by atoms with Crippen LogP contribution in [0.5, 0.6) is 0 Å². The van der Waals surface area contributed by atoms with Gasteiger partial charge in [0.25, 0.3) is 0 Å². The number of hydrogen-bond acceptors (Lipinski definition) is 5. The number of nitrogens with zero attached hydrogens (tertiary/aromatic N) is 4. The van der Waals surface area contributed by atoms with Gasteiger partial charge in [0.2, 0.25) is 5.91 Å². The summed E-state index contributed by atoms with van der Waals surface area (Å²) in [6.07, 6.45) is 3.76. The van der Waals surface area contributed by atoms with Gasteiger partial charge >= 0.3 is 0 Å². The molecule has 0 spiro atoms. The number of carbonyl (C=O) groups is 1. The molecule has 0 radical (unpaired) electrons. The van der Waals surface area contributed by atoms with Gasteiger partial charge in [-0.25, -0.2) is 9.97 Å². The van der Waals surface area contributed by atoms with E-state index in [1.807, 2.05) is 6.92 Å². The smallest absolute Gasteiger partial charge is 0.217 e. The second kappa shape index (κ2) is 6.98. The molecule has 7 nitrogen and oxygen atoms in total. The van der Waals surface area contributed by atoms with Gasteiger partial charge in [0, 0.05) is 55.5 Å². The summed E-state index contributed by atoms with van der Waals surface area (Å²) in [5.41, 5.74) is 3.26. The molecule has 1 amide bonds. The van der Waals surface area contributed by atoms with E-state index in [-0.39, 0.29) is 5.91 Å². The molecule has 2 aromatic rings. The number of aromatic amines is 1. The molecular weight excluding hydrogens is 304 g/mol. The molecule has 1 aliphatic heterocycles. The number of aromatic nitrogens is 4. The normalized spacial score (nSPS) is 17.3. The van der Waals surface area contributed by atoms with E-state index >= 15 is 0 Å². The minimum absolute atomic E-state index is 0.0289. The zero-order valence-corrected chi connectivity index (χ0v) is 14.5. The summed E-state index contributed by atoms with van der Waals surface area (Å²) in [7, 11) is 0. The average Bonchev–Trinajstić information content (AvgIpc) is 3.20. The molecule has 24 heavy (non-hydrogen) atoms. The average molecular weight is 328 g/mol. The van der Waals surface area contributed by atoms with Crippen LogP contribution in [0.1, 0.15) is 49.0 Å². The van der Waals surface area contributed by atoms with Crippen LogP contribution >= 0.6 is 0 Å². The molecule has 1 fully saturated rings. The quantitative estimate of drug-likeness (QED) is 0.872. The Hall–Kier alpha value is -2.44. The van der Waals surface area contributed by atoms with E-state index in [9.17, 15) is 4.79 Å². The highest BCUT2D eigenvalue weighted by Crippen LogP contribution is 2.30. The molecule has 2 N–H and O–H groups in total. The lowest BCUT2D eigenvalue weighted by Crippen LogP contribution is -2.22. The van der Waals surface area contributed by atoms with Gasteiger partial charge in [-0.3, -0.25) is 9.89 Å². The first-order valence-electron chi connectivity index (χ1n) is 8.43. The van der Waals surface area contributed by atoms with E-state index in [1.165, 1.54) is 6.92 Å². The zero-order valence-electron chi connectivity index (χ0n) is 14.5. The lowest BCUT2D eigenvalue weighted by molar-refractivity contribution is -0.119. The number of nitrogens with one attached hydrogen (secondary N) is 2. The molecule has 0 bridgehead atoms. The van der Waals surface area contributed by atoms with Crippen LogP contribution in [0.2, 0.25) is 0 Å². The van der Waals surface area contributed by atoms with Crippen molar-refractivity contribution in [2.24, 2.45) is 0 Å². The van der Waals surface area contributed by atoms with Crippen molar-refractivity contribution in [3.05, 3.63) is 35.0 Å². The Balaban J connectivity index is 1.73. The number of rotatable bonds is 5. The predicted octanol–water partition coefficient (Wildman–Crippen LogP) is 1.70. The summed E-state index contributed by atoms with van der Waals surface area (Å²) in [6, 6.07) is 2.08. The summed E-state index contributed by atoms with van der Waals surface area (Å²) >= 11 is 0. The largest absolute Gasteiger partial charge is 0.356 e. The fraction of sp³-hybridized carbons (Fsp3) is 0.529. The highest BCUT2D eigenvalue weighted by atomic mass is 16.1. The molecule has 0 aromatic carbocycles. The van der Waals surface area contributed by atoms with Gasteiger partial charge in [-0.2, -0.15) is 5.10 Å². The first-order chi connectivity index (χ1) is 11.6. The van der Waals surface area contributed by atoms with E-state index in [0.717, 1.165) is 54.5 Å². The van der Waals surface area contributed by atoms with Crippen LogP contribution in [0.4, 0.5) is 5.82 Å². The molecule has 0 aliphatic carbocycles. The Morgan fingerprint density at radius 1 is 1.46 bits per heavy atom. The minimum atomic E-state index is -0.0289. The molecule has 1 saturated heterocycles. The van der Waals surface area contributed by atoms with Crippen molar-refractivity contribution in [2.75, 3.05) is 18.0 Å². The van der Waals surface area contributed by atoms with Crippen LogP contribution in [0.15, 0.2) is 12.3 Å². The molecule has 3 heterocycles. The molecule has 1 unspecified atom stereocenters. The maximum Gasteiger partial charge on any atom is 0.217 e. The fourth-order valence-corrected chi connectivity index (χ4v) is 3.19. The summed E-state index contributed by atoms with van der Waals surface area (Å²) in [5, 5.41) is 10.1. The Morgan fingerprint density at radius 3 is 3.04 bits per heavy atom. The van der Waals surface area contributed by atoms with Gasteiger partial charge < -0.3 is 10.2 Å². The summed E-state index contributed by atoms with van der Waals surface area (Å²) in [4.78, 5) is 22.5. The number of anilines is 1. The van der Waals surface area contributed by atoms with Gasteiger partial charge in [-0.1, -0.05) is 6.92 Å². The summed E-state index contributed by atoms with van der Waals surface area (Å²) in [6.45, 7) is 7.95. The Bertz CT molecular complexity index is 726. The third-order valence-corrected chi connectivity index (χ3v) is 4.44. The van der Waals surface area contributed by atoms with Crippen molar-refractivity contribution < 1.29 is 4.79 Å². The van der Waals surface area contributed by atoms with Crippen LogP contribution in [0.25, 0.3) is 0 Å². The van der Waals surface area contributed by atoms with Crippen molar-refractivity contribution in [1.82, 2.24) is 25.5 Å². The number of carbonyl (C=O) groups excluding carboxylic acids is 1. The summed E-state index contributed by atoms with van der Waals surface area (Å²) in [5.74, 6) is 2.17. The van der Waals surface area contributed by atoms with Gasteiger partial charge in [-0.15, -0.1) is 0 Å². The third kappa shape index (κ3) is 3.55. The van der Waals surface area contributed by atoms with E-state index in [1.54, 1.807) is 6.20 Å². The van der Waals surface area contributed by atoms with Crippen LogP contribution in [-0.2, 0) is 17.8 Å². The van der Waals surface area contributed by atoms with Crippen LogP contribution in [0.3, 0.4) is 0 Å². The van der Waals surface area contributed by atoms with E-state index in [2.05, 4.69) is 43.4 Å². The monoisotopic (exact) mass is 328 g/mol. The third-order valence-electron chi connectivity index (χ3n) is 4.44. The highest BCUT2D eigenvalue weighted by Gasteiger charge is 2.28. The van der Waals surface area contributed by atoms with Crippen molar-refractivity contribution >= 4 is 11.7 Å². The van der Waals surface area contributed by atoms with Crippen LogP contribution in [-0.4, -0.2) is 39.2 Å². The van der Waals surface area contributed by atoms with Crippen LogP contribution in [0, 0.1) is 6.92 Å². The number of amides is 1. The predicted molar refractivity (Wildman–Crippen MR) is 91.8 cm³/mol. The maximum absolute atomic E-state index is 11.1. The standard InChI is InChI=1S/C17H24N6O/c1-4-15-7-16(21-11(2)20-15)23-6-5-13(10-23)17-14(9-19-22-17)8-18-12(3)24/h7,9,13H,4-6,8,10H2,1-3H3,(H,18,24)(H,19,22). The molecule has 2 aromatic heterocycles. The Kier molecular flexibility index (Phi) is 4.78. The first-order valence-corrected chi connectivity index (χ1v) is 8.43. The van der Waals surface area contributed by atoms with Gasteiger partial charge in [0.1, 0.15) is 11.6 Å². The minimum Gasteiger partial charge on any atom is -0.356 e. The van der Waals surface area contributed by atoms with Crippen molar-refractivity contribution in [3.8, 4) is 0 Å². The molecule has 1 atom stereocenters. The number of hydrogen-bond donors (Lipinski definition) is 2. The fourth-order valence-electron chi connectivity index (χ4n) is 3.19. The SMILES string of the molecule is CCc1cc(N2CCC(c3[nH]ncc3CNC(C)=O)C2)nc(C)n1. The summed E-state index contributed by atoms with van der Waals surface area (Å²) < 4.78 is 0. The van der Waals surface area contributed by atoms with Crippen molar-refractivity contribution in [3.63, 3.8) is 0 Å². The van der Waals surface area contributed by atoms with Gasteiger partial charge in [0.05, 0.1) is 6.20 Å². The second-order valence-corrected chi connectivity index (χ2v) is 6.27. The Labute approximate surface area is 141 Å². The maximum atomic E-state index is 11.1. The van der Waals surface area contributed by atoms with Crippen molar-refractivity contribution in [2.45, 2.75) is 46.1 Å². The van der Waals surface area contributed by atoms with Crippen molar-refractivity contribution in [1.29, 1.82) is 0 Å². The lowest BCUT2D eigenvalue weighted by atomic mass is 10.0. The molecular formula is C17H24N6O. The van der Waals surface area contributed by atoms with E-state index in [0.29, 0.717) is 12.5 Å². The molecule has 3 rings (SSSR count). The first kappa shape index (κ1) is 16.4. The van der Waals surface area contributed by atoms with E-state index < -0.39 is 0 Å². The molecule has 1 aliphatic rings. The molecule has 0 saturated carbocycles. The van der Waals surface area contributed by atoms with Gasteiger partial charge in [-0.05, 0) is 19.8 Å². The highest BCUT2D eigenvalue weighted by molar-refractivity contribution is 5.72. The second-order valence-electron chi connectivity index (χ2n) is 6.27. The molecule has 128 valence electrons. The number of aryl methyl sites for hydroxylation is 2. The Morgan fingerprint density at radius 2 is 2.29 bits per heavy atom. The zero-order chi connectivity index (χ0) is 17.1. The lowest BCUT2D eigenvalue weighted by Gasteiger charge is -2.18. The number of H-pyrrole nitrogens is 1. The molecule has 7 heteroatoms.